The molecule has 110 valence electrons. The maximum absolute atomic E-state index is 12.8. The minimum absolute atomic E-state index is 0.0771. The second-order valence-electron chi connectivity index (χ2n) is 5.43. The third-order valence-corrected chi connectivity index (χ3v) is 4.74. The van der Waals surface area contributed by atoms with Crippen LogP contribution in [0.1, 0.15) is 34.5 Å². The Hall–Kier alpha value is -2.27. The predicted molar refractivity (Wildman–Crippen MR) is 88.5 cm³/mol. The number of amides is 1. The summed E-state index contributed by atoms with van der Waals surface area (Å²) in [5.41, 5.74) is 3.86. The highest BCUT2D eigenvalue weighted by Gasteiger charge is 2.22. The van der Waals surface area contributed by atoms with Gasteiger partial charge in [0.05, 0.1) is 11.1 Å². The first-order valence-electron chi connectivity index (χ1n) is 7.44. The largest absolute Gasteiger partial charge is 0.298 e. The molecule has 4 rings (SSSR count). The van der Waals surface area contributed by atoms with Gasteiger partial charge in [0, 0.05) is 22.7 Å². The number of benzene rings is 1. The van der Waals surface area contributed by atoms with Crippen LogP contribution in [0.5, 0.6) is 0 Å². The number of pyridine rings is 1. The number of rotatable bonds is 2. The van der Waals surface area contributed by atoms with Gasteiger partial charge in [0.15, 0.2) is 5.13 Å². The van der Waals surface area contributed by atoms with E-state index in [1.165, 1.54) is 11.3 Å². The molecule has 0 fully saturated rings. The van der Waals surface area contributed by atoms with Crippen LogP contribution in [0.25, 0.3) is 10.9 Å². The smallest absolute Gasteiger partial charge is 0.258 e. The van der Waals surface area contributed by atoms with Crippen molar-refractivity contribution in [1.29, 1.82) is 0 Å². The molecule has 0 atom stereocenters. The van der Waals surface area contributed by atoms with E-state index < -0.39 is 0 Å². The third-order valence-electron chi connectivity index (χ3n) is 4.05. The van der Waals surface area contributed by atoms with Crippen molar-refractivity contribution in [2.45, 2.75) is 25.7 Å². The SMILES string of the molecule is O=C(Nc1nccs1)c1c2c(nc3ccccc13)CCCC2. The molecule has 1 aromatic carbocycles. The number of aromatic nitrogens is 2. The maximum Gasteiger partial charge on any atom is 0.258 e. The number of nitrogens with one attached hydrogen (secondary N) is 1. The Morgan fingerprint density at radius 3 is 2.91 bits per heavy atom. The molecule has 22 heavy (non-hydrogen) atoms. The molecule has 2 aromatic heterocycles. The van der Waals surface area contributed by atoms with E-state index in [0.29, 0.717) is 5.13 Å². The van der Waals surface area contributed by atoms with Gasteiger partial charge in [-0.2, -0.15) is 0 Å². The summed E-state index contributed by atoms with van der Waals surface area (Å²) in [6.45, 7) is 0. The predicted octanol–water partition coefficient (Wildman–Crippen LogP) is 3.82. The van der Waals surface area contributed by atoms with Gasteiger partial charge in [-0.25, -0.2) is 4.98 Å². The molecule has 3 aromatic rings. The van der Waals surface area contributed by atoms with Crippen molar-refractivity contribution in [3.63, 3.8) is 0 Å². The topological polar surface area (TPSA) is 54.9 Å². The van der Waals surface area contributed by atoms with Gasteiger partial charge in [0.2, 0.25) is 0 Å². The fourth-order valence-electron chi connectivity index (χ4n) is 3.08. The quantitative estimate of drug-likeness (QED) is 0.783. The van der Waals surface area contributed by atoms with Gasteiger partial charge in [-0.05, 0) is 37.3 Å². The molecule has 0 saturated carbocycles. The molecular formula is C17H15N3OS. The van der Waals surface area contributed by atoms with Crippen LogP contribution in [0.15, 0.2) is 35.8 Å². The lowest BCUT2D eigenvalue weighted by atomic mass is 9.89. The molecule has 1 amide bonds. The zero-order valence-corrected chi connectivity index (χ0v) is 12.8. The number of thiazole rings is 1. The Balaban J connectivity index is 1.88. The van der Waals surface area contributed by atoms with Crippen molar-refractivity contribution < 1.29 is 4.79 Å². The van der Waals surface area contributed by atoms with Crippen LogP contribution in [0, 0.1) is 0 Å². The molecule has 0 spiro atoms. The molecule has 0 bridgehead atoms. The van der Waals surface area contributed by atoms with E-state index in [9.17, 15) is 4.79 Å². The number of hydrogen-bond donors (Lipinski definition) is 1. The van der Waals surface area contributed by atoms with E-state index >= 15 is 0 Å². The number of carbonyl (C=O) groups is 1. The number of hydrogen-bond acceptors (Lipinski definition) is 4. The molecule has 2 heterocycles. The highest BCUT2D eigenvalue weighted by Crippen LogP contribution is 2.30. The first kappa shape index (κ1) is 13.4. The Morgan fingerprint density at radius 1 is 1.18 bits per heavy atom. The van der Waals surface area contributed by atoms with Gasteiger partial charge < -0.3 is 0 Å². The van der Waals surface area contributed by atoms with Crippen molar-refractivity contribution in [3.05, 3.63) is 52.7 Å². The van der Waals surface area contributed by atoms with E-state index in [0.717, 1.165) is 53.4 Å². The van der Waals surface area contributed by atoms with Crippen LogP contribution in [0.3, 0.4) is 0 Å². The summed E-state index contributed by atoms with van der Waals surface area (Å²) in [6, 6.07) is 7.88. The molecule has 0 unspecified atom stereocenters. The standard InChI is InChI=1S/C17H15N3OS/c21-16(20-17-18-9-10-22-17)15-11-5-1-3-7-13(11)19-14-8-4-2-6-12(14)15/h1,3,5,7,9-10H,2,4,6,8H2,(H,18,20,21). The zero-order chi connectivity index (χ0) is 14.9. The molecule has 5 heteroatoms. The Labute approximate surface area is 132 Å². The summed E-state index contributed by atoms with van der Waals surface area (Å²) < 4.78 is 0. The van der Waals surface area contributed by atoms with Gasteiger partial charge in [-0.15, -0.1) is 11.3 Å². The molecule has 0 radical (unpaired) electrons. The van der Waals surface area contributed by atoms with Crippen molar-refractivity contribution in [2.24, 2.45) is 0 Å². The van der Waals surface area contributed by atoms with Gasteiger partial charge in [0.1, 0.15) is 0 Å². The van der Waals surface area contributed by atoms with Crippen molar-refractivity contribution in [3.8, 4) is 0 Å². The molecule has 0 saturated heterocycles. The molecule has 1 N–H and O–H groups in total. The van der Waals surface area contributed by atoms with Crippen molar-refractivity contribution >= 4 is 33.3 Å². The van der Waals surface area contributed by atoms with Gasteiger partial charge in [-0.1, -0.05) is 18.2 Å². The molecular weight excluding hydrogens is 294 g/mol. The number of fused-ring (bicyclic) bond motifs is 2. The fourth-order valence-corrected chi connectivity index (χ4v) is 3.60. The summed E-state index contributed by atoms with van der Waals surface area (Å²) in [4.78, 5) is 21.7. The second kappa shape index (κ2) is 5.50. The van der Waals surface area contributed by atoms with Crippen molar-refractivity contribution in [2.75, 3.05) is 5.32 Å². The number of para-hydroxylation sites is 1. The monoisotopic (exact) mass is 309 g/mol. The van der Waals surface area contributed by atoms with E-state index in [1.54, 1.807) is 6.20 Å². The Bertz CT molecular complexity index is 842. The van der Waals surface area contributed by atoms with E-state index in [-0.39, 0.29) is 5.91 Å². The third kappa shape index (κ3) is 2.27. The molecule has 4 nitrogen and oxygen atoms in total. The fraction of sp³-hybridized carbons (Fsp3) is 0.235. The van der Waals surface area contributed by atoms with Crippen LogP contribution in [-0.2, 0) is 12.8 Å². The summed E-state index contributed by atoms with van der Waals surface area (Å²) in [6.07, 6.45) is 5.84. The van der Waals surface area contributed by atoms with Crippen molar-refractivity contribution in [1.82, 2.24) is 9.97 Å². The van der Waals surface area contributed by atoms with Gasteiger partial charge >= 0.3 is 0 Å². The summed E-state index contributed by atoms with van der Waals surface area (Å²) in [7, 11) is 0. The van der Waals surface area contributed by atoms with Gasteiger partial charge in [0.25, 0.3) is 5.91 Å². The Kier molecular flexibility index (Phi) is 3.35. The number of anilines is 1. The van der Waals surface area contributed by atoms with E-state index in [2.05, 4.69) is 10.3 Å². The van der Waals surface area contributed by atoms with Crippen LogP contribution in [0.2, 0.25) is 0 Å². The van der Waals surface area contributed by atoms with Gasteiger partial charge in [-0.3, -0.25) is 15.1 Å². The van der Waals surface area contributed by atoms with E-state index in [1.807, 2.05) is 29.6 Å². The molecule has 1 aliphatic rings. The average molecular weight is 309 g/mol. The summed E-state index contributed by atoms with van der Waals surface area (Å²) in [5.74, 6) is -0.0771. The van der Waals surface area contributed by atoms with E-state index in [4.69, 9.17) is 4.98 Å². The number of aryl methyl sites for hydroxylation is 1. The number of nitrogens with zero attached hydrogens (tertiary/aromatic N) is 2. The van der Waals surface area contributed by atoms with Crippen LogP contribution < -0.4 is 5.32 Å². The number of carbonyl (C=O) groups excluding carboxylic acids is 1. The first-order valence-corrected chi connectivity index (χ1v) is 8.32. The lowest BCUT2D eigenvalue weighted by molar-refractivity contribution is 0.102. The lowest BCUT2D eigenvalue weighted by Gasteiger charge is -2.20. The minimum Gasteiger partial charge on any atom is -0.298 e. The first-order chi connectivity index (χ1) is 10.8. The highest BCUT2D eigenvalue weighted by molar-refractivity contribution is 7.13. The maximum atomic E-state index is 12.8. The molecule has 1 aliphatic carbocycles. The normalized spacial score (nSPS) is 13.8. The summed E-state index contributed by atoms with van der Waals surface area (Å²) in [5, 5.41) is 6.34. The van der Waals surface area contributed by atoms with Crippen LogP contribution in [0.4, 0.5) is 5.13 Å². The minimum atomic E-state index is -0.0771. The van der Waals surface area contributed by atoms with Crippen LogP contribution in [-0.4, -0.2) is 15.9 Å². The Morgan fingerprint density at radius 2 is 2.05 bits per heavy atom. The average Bonchev–Trinajstić information content (AvgIpc) is 3.05. The molecule has 0 aliphatic heterocycles. The van der Waals surface area contributed by atoms with Crippen LogP contribution >= 0.6 is 11.3 Å². The second-order valence-corrected chi connectivity index (χ2v) is 6.32. The highest BCUT2D eigenvalue weighted by atomic mass is 32.1. The summed E-state index contributed by atoms with van der Waals surface area (Å²) >= 11 is 1.43. The lowest BCUT2D eigenvalue weighted by Crippen LogP contribution is -2.19. The zero-order valence-electron chi connectivity index (χ0n) is 12.0.